The third-order valence-electron chi connectivity index (χ3n) is 4.30. The Labute approximate surface area is 126 Å². The lowest BCUT2D eigenvalue weighted by molar-refractivity contribution is -0.141. The van der Waals surface area contributed by atoms with Crippen molar-refractivity contribution in [2.75, 3.05) is 27.4 Å². The van der Waals surface area contributed by atoms with Gasteiger partial charge in [-0.25, -0.2) is 0 Å². The van der Waals surface area contributed by atoms with Crippen LogP contribution in [0.25, 0.3) is 0 Å². The molecule has 1 aromatic carbocycles. The number of carbonyl (C=O) groups is 1. The molecule has 21 heavy (non-hydrogen) atoms. The third kappa shape index (κ3) is 3.19. The van der Waals surface area contributed by atoms with Crippen molar-refractivity contribution in [2.24, 2.45) is 5.73 Å². The van der Waals surface area contributed by atoms with E-state index in [-0.39, 0.29) is 11.9 Å². The Bertz CT molecular complexity index is 498. The molecule has 1 unspecified atom stereocenters. The van der Waals surface area contributed by atoms with Crippen LogP contribution >= 0.6 is 0 Å². The first-order valence-electron chi connectivity index (χ1n) is 7.26. The maximum absolute atomic E-state index is 12.7. The molecular formula is C16H24N2O3. The monoisotopic (exact) mass is 292 g/mol. The fourth-order valence-corrected chi connectivity index (χ4v) is 2.70. The van der Waals surface area contributed by atoms with E-state index in [9.17, 15) is 4.79 Å². The molecule has 1 aliphatic heterocycles. The van der Waals surface area contributed by atoms with Gasteiger partial charge in [0.2, 0.25) is 5.91 Å². The molecule has 1 atom stereocenters. The summed E-state index contributed by atoms with van der Waals surface area (Å²) in [5, 5.41) is 0. The number of carbonyl (C=O) groups excluding carboxylic acids is 1. The van der Waals surface area contributed by atoms with Gasteiger partial charge in [0.05, 0.1) is 18.7 Å². The smallest absolute Gasteiger partial charge is 0.243 e. The Kier molecular flexibility index (Phi) is 4.85. The molecule has 0 saturated carbocycles. The SMILES string of the molecule is COc1ccccc1C(C)N(C)C(=O)C1(N)CCOCC1. The zero-order valence-corrected chi connectivity index (χ0v) is 13.0. The van der Waals surface area contributed by atoms with Crippen molar-refractivity contribution in [1.29, 1.82) is 0 Å². The number of nitrogens with two attached hydrogens (primary N) is 1. The van der Waals surface area contributed by atoms with Crippen LogP contribution in [0.5, 0.6) is 5.75 Å². The molecule has 1 aliphatic rings. The Morgan fingerprint density at radius 1 is 1.38 bits per heavy atom. The number of para-hydroxylation sites is 1. The second kappa shape index (κ2) is 6.45. The number of benzene rings is 1. The van der Waals surface area contributed by atoms with Crippen LogP contribution in [0.15, 0.2) is 24.3 Å². The number of rotatable bonds is 4. The molecule has 0 radical (unpaired) electrons. The van der Waals surface area contributed by atoms with Gasteiger partial charge in [0.25, 0.3) is 0 Å². The molecule has 5 heteroatoms. The van der Waals surface area contributed by atoms with Crippen LogP contribution in [-0.2, 0) is 9.53 Å². The summed E-state index contributed by atoms with van der Waals surface area (Å²) in [6, 6.07) is 7.63. The fraction of sp³-hybridized carbons (Fsp3) is 0.562. The average Bonchev–Trinajstić information content (AvgIpc) is 2.53. The third-order valence-corrected chi connectivity index (χ3v) is 4.30. The maximum atomic E-state index is 12.7. The highest BCUT2D eigenvalue weighted by Crippen LogP contribution is 2.30. The molecule has 116 valence electrons. The van der Waals surface area contributed by atoms with Gasteiger partial charge in [-0.15, -0.1) is 0 Å². The highest BCUT2D eigenvalue weighted by Gasteiger charge is 2.39. The molecule has 0 aliphatic carbocycles. The van der Waals surface area contributed by atoms with E-state index in [2.05, 4.69) is 0 Å². The Morgan fingerprint density at radius 3 is 2.62 bits per heavy atom. The normalized spacial score (nSPS) is 18.9. The minimum atomic E-state index is -0.816. The zero-order chi connectivity index (χ0) is 15.5. The molecule has 2 N–H and O–H groups in total. The summed E-state index contributed by atoms with van der Waals surface area (Å²) >= 11 is 0. The maximum Gasteiger partial charge on any atom is 0.243 e. The molecule has 0 aromatic heterocycles. The summed E-state index contributed by atoms with van der Waals surface area (Å²) in [5.74, 6) is 0.743. The molecular weight excluding hydrogens is 268 g/mol. The first-order chi connectivity index (χ1) is 9.99. The summed E-state index contributed by atoms with van der Waals surface area (Å²) in [6.07, 6.45) is 1.13. The summed E-state index contributed by atoms with van der Waals surface area (Å²) in [7, 11) is 3.43. The molecule has 1 aromatic rings. The number of hydrogen-bond donors (Lipinski definition) is 1. The molecule has 5 nitrogen and oxygen atoms in total. The lowest BCUT2D eigenvalue weighted by Crippen LogP contribution is -2.57. The predicted octanol–water partition coefficient (Wildman–Crippen LogP) is 1.72. The van der Waals surface area contributed by atoms with Crippen molar-refractivity contribution in [3.05, 3.63) is 29.8 Å². The topological polar surface area (TPSA) is 64.8 Å². The molecule has 1 amide bonds. The summed E-state index contributed by atoms with van der Waals surface area (Å²) in [4.78, 5) is 14.5. The van der Waals surface area contributed by atoms with Crippen LogP contribution in [0.2, 0.25) is 0 Å². The predicted molar refractivity (Wildman–Crippen MR) is 81.2 cm³/mol. The van der Waals surface area contributed by atoms with Gasteiger partial charge < -0.3 is 20.1 Å². The van der Waals surface area contributed by atoms with Gasteiger partial charge in [-0.2, -0.15) is 0 Å². The molecule has 1 heterocycles. The molecule has 2 rings (SSSR count). The van der Waals surface area contributed by atoms with Crippen molar-refractivity contribution in [3.63, 3.8) is 0 Å². The van der Waals surface area contributed by atoms with Gasteiger partial charge in [-0.1, -0.05) is 18.2 Å². The first kappa shape index (κ1) is 15.8. The first-order valence-corrected chi connectivity index (χ1v) is 7.26. The largest absolute Gasteiger partial charge is 0.496 e. The van der Waals surface area contributed by atoms with Gasteiger partial charge in [0.1, 0.15) is 5.75 Å². The number of amides is 1. The van der Waals surface area contributed by atoms with Gasteiger partial charge in [0.15, 0.2) is 0 Å². The van der Waals surface area contributed by atoms with Gasteiger partial charge >= 0.3 is 0 Å². The highest BCUT2D eigenvalue weighted by molar-refractivity contribution is 5.86. The second-order valence-electron chi connectivity index (χ2n) is 5.60. The molecule has 1 fully saturated rings. The van der Waals surface area contributed by atoms with Gasteiger partial charge in [-0.3, -0.25) is 4.79 Å². The van der Waals surface area contributed by atoms with Crippen molar-refractivity contribution in [3.8, 4) is 5.75 Å². The Balaban J connectivity index is 2.18. The van der Waals surface area contributed by atoms with E-state index in [1.807, 2.05) is 31.2 Å². The lowest BCUT2D eigenvalue weighted by Gasteiger charge is -2.37. The van der Waals surface area contributed by atoms with Crippen LogP contribution < -0.4 is 10.5 Å². The van der Waals surface area contributed by atoms with Crippen molar-refractivity contribution in [1.82, 2.24) is 4.90 Å². The molecule has 0 spiro atoms. The zero-order valence-electron chi connectivity index (χ0n) is 13.0. The van der Waals surface area contributed by atoms with E-state index in [4.69, 9.17) is 15.2 Å². The van der Waals surface area contributed by atoms with Gasteiger partial charge in [0, 0.05) is 25.8 Å². The standard InChI is InChI=1S/C16H24N2O3/c1-12(13-6-4-5-7-14(13)20-3)18(2)15(19)16(17)8-10-21-11-9-16/h4-7,12H,8-11,17H2,1-3H3. The van der Waals surface area contributed by atoms with Crippen LogP contribution in [0.4, 0.5) is 0 Å². The average molecular weight is 292 g/mol. The van der Waals surface area contributed by atoms with Crippen LogP contribution in [0.1, 0.15) is 31.4 Å². The minimum absolute atomic E-state index is 0.0378. The number of ether oxygens (including phenoxy) is 2. The van der Waals surface area contributed by atoms with Crippen LogP contribution in [-0.4, -0.2) is 43.7 Å². The summed E-state index contributed by atoms with van der Waals surface area (Å²) in [5.41, 5.74) is 6.45. The van der Waals surface area contributed by atoms with Gasteiger partial charge in [-0.05, 0) is 25.8 Å². The number of likely N-dealkylation sites (N-methyl/N-ethyl adjacent to an activating group) is 1. The molecule has 1 saturated heterocycles. The van der Waals surface area contributed by atoms with E-state index >= 15 is 0 Å². The van der Waals surface area contributed by atoms with Crippen molar-refractivity contribution in [2.45, 2.75) is 31.3 Å². The fourth-order valence-electron chi connectivity index (χ4n) is 2.70. The summed E-state index contributed by atoms with van der Waals surface area (Å²) < 4.78 is 10.7. The van der Waals surface area contributed by atoms with E-state index < -0.39 is 5.54 Å². The van der Waals surface area contributed by atoms with E-state index in [1.165, 1.54) is 0 Å². The quantitative estimate of drug-likeness (QED) is 0.918. The van der Waals surface area contributed by atoms with Crippen LogP contribution in [0, 0.1) is 0 Å². The van der Waals surface area contributed by atoms with Crippen molar-refractivity contribution < 1.29 is 14.3 Å². The van der Waals surface area contributed by atoms with E-state index in [0.29, 0.717) is 26.1 Å². The second-order valence-corrected chi connectivity index (χ2v) is 5.60. The Hall–Kier alpha value is -1.59. The number of methoxy groups -OCH3 is 1. The van der Waals surface area contributed by atoms with Crippen molar-refractivity contribution >= 4 is 5.91 Å². The Morgan fingerprint density at radius 2 is 2.00 bits per heavy atom. The number of nitrogens with zero attached hydrogens (tertiary/aromatic N) is 1. The summed E-state index contributed by atoms with van der Waals surface area (Å²) in [6.45, 7) is 3.07. The van der Waals surface area contributed by atoms with Crippen LogP contribution in [0.3, 0.4) is 0 Å². The lowest BCUT2D eigenvalue weighted by atomic mass is 9.89. The number of hydrogen-bond acceptors (Lipinski definition) is 4. The molecule has 0 bridgehead atoms. The highest BCUT2D eigenvalue weighted by atomic mass is 16.5. The van der Waals surface area contributed by atoms with E-state index in [1.54, 1.807) is 19.1 Å². The minimum Gasteiger partial charge on any atom is -0.496 e. The van der Waals surface area contributed by atoms with E-state index in [0.717, 1.165) is 11.3 Å².